The summed E-state index contributed by atoms with van der Waals surface area (Å²) in [4.78, 5) is 3.23. The van der Waals surface area contributed by atoms with E-state index in [9.17, 15) is 13.2 Å². The molecule has 1 aromatic rings. The zero-order chi connectivity index (χ0) is 10.7. The van der Waals surface area contributed by atoms with Crippen LogP contribution < -0.4 is 4.74 Å². The van der Waals surface area contributed by atoms with Gasteiger partial charge in [0, 0.05) is 0 Å². The normalized spacial score (nSPS) is 10.7. The molecule has 0 unspecified atom stereocenters. The summed E-state index contributed by atoms with van der Waals surface area (Å²) in [6.45, 7) is -0.597. The lowest BCUT2D eigenvalue weighted by atomic mass is 10.2. The van der Waals surface area contributed by atoms with Crippen molar-refractivity contribution < 1.29 is 23.0 Å². The second-order valence-electron chi connectivity index (χ2n) is 2.49. The maximum Gasteiger partial charge on any atom is 0.267 e. The van der Waals surface area contributed by atoms with Crippen LogP contribution in [0.3, 0.4) is 0 Å². The van der Waals surface area contributed by atoms with Crippen molar-refractivity contribution in [1.29, 1.82) is 0 Å². The molecule has 0 aliphatic carbocycles. The van der Waals surface area contributed by atoms with E-state index < -0.39 is 30.3 Å². The molecule has 0 radical (unpaired) electrons. The minimum absolute atomic E-state index is 0.154. The second kappa shape index (κ2) is 4.28. The Kier molecular flexibility index (Phi) is 3.29. The van der Waals surface area contributed by atoms with Crippen molar-refractivity contribution in [1.82, 2.24) is 4.98 Å². The van der Waals surface area contributed by atoms with Crippen LogP contribution in [0.2, 0.25) is 0 Å². The van der Waals surface area contributed by atoms with E-state index in [4.69, 9.17) is 5.11 Å². The molecule has 3 nitrogen and oxygen atoms in total. The zero-order valence-corrected chi connectivity index (χ0v) is 7.30. The number of alkyl halides is 2. The highest BCUT2D eigenvalue weighted by molar-refractivity contribution is 5.34. The first-order valence-corrected chi connectivity index (χ1v) is 3.72. The minimum Gasteiger partial charge on any atom is -0.492 e. The summed E-state index contributed by atoms with van der Waals surface area (Å²) in [5.74, 6) is -1.73. The van der Waals surface area contributed by atoms with Gasteiger partial charge >= 0.3 is 0 Å². The first-order valence-electron chi connectivity index (χ1n) is 3.72. The fraction of sp³-hybridized carbons (Fsp3) is 0.375. The predicted molar refractivity (Wildman–Crippen MR) is 41.6 cm³/mol. The van der Waals surface area contributed by atoms with Gasteiger partial charge in [-0.15, -0.1) is 0 Å². The van der Waals surface area contributed by atoms with Gasteiger partial charge in [-0.25, -0.2) is 13.8 Å². The van der Waals surface area contributed by atoms with Crippen LogP contribution in [0.5, 0.6) is 5.75 Å². The number of rotatable bonds is 3. The zero-order valence-electron chi connectivity index (χ0n) is 7.30. The number of ether oxygens (including phenoxy) is 1. The van der Waals surface area contributed by atoms with E-state index in [0.717, 1.165) is 13.2 Å². The topological polar surface area (TPSA) is 42.4 Å². The average molecular weight is 207 g/mol. The van der Waals surface area contributed by atoms with Gasteiger partial charge in [-0.05, 0) is 6.07 Å². The molecular weight excluding hydrogens is 199 g/mol. The van der Waals surface area contributed by atoms with E-state index in [1.807, 2.05) is 0 Å². The van der Waals surface area contributed by atoms with Gasteiger partial charge in [0.2, 0.25) is 0 Å². The van der Waals surface area contributed by atoms with E-state index in [1.165, 1.54) is 0 Å². The van der Waals surface area contributed by atoms with Crippen LogP contribution in [-0.2, 0) is 6.61 Å². The molecule has 0 spiro atoms. The molecule has 1 heterocycles. The van der Waals surface area contributed by atoms with Crippen LogP contribution in [0.15, 0.2) is 6.07 Å². The lowest BCUT2D eigenvalue weighted by Gasteiger charge is -2.09. The second-order valence-corrected chi connectivity index (χ2v) is 2.49. The highest BCUT2D eigenvalue weighted by Crippen LogP contribution is 2.30. The summed E-state index contributed by atoms with van der Waals surface area (Å²) < 4.78 is 42.1. The molecule has 78 valence electrons. The number of hydrogen-bond acceptors (Lipinski definition) is 3. The molecular formula is C8H8F3NO2. The first-order chi connectivity index (χ1) is 6.60. The van der Waals surface area contributed by atoms with Crippen LogP contribution in [0.25, 0.3) is 0 Å². The molecule has 0 amide bonds. The standard InChI is InChI=1S/C8H8F3NO2/c1-14-6-5(7(9)10)2-4(3-13)12-8(6)11/h2,7,13H,3H2,1H3. The Morgan fingerprint density at radius 1 is 1.57 bits per heavy atom. The monoisotopic (exact) mass is 207 g/mol. The van der Waals surface area contributed by atoms with Gasteiger partial charge in [-0.1, -0.05) is 0 Å². The molecule has 0 bridgehead atoms. The molecule has 1 aromatic heterocycles. The number of halogens is 3. The van der Waals surface area contributed by atoms with Crippen LogP contribution in [-0.4, -0.2) is 17.2 Å². The molecule has 0 saturated heterocycles. The molecule has 6 heteroatoms. The fourth-order valence-corrected chi connectivity index (χ4v) is 1.02. The molecule has 0 aliphatic heterocycles. The molecule has 1 rings (SSSR count). The Labute approximate surface area is 78.2 Å². The highest BCUT2D eigenvalue weighted by atomic mass is 19.3. The largest absolute Gasteiger partial charge is 0.492 e. The molecule has 0 saturated carbocycles. The molecule has 14 heavy (non-hydrogen) atoms. The number of methoxy groups -OCH3 is 1. The van der Waals surface area contributed by atoms with Crippen LogP contribution >= 0.6 is 0 Å². The van der Waals surface area contributed by atoms with Crippen molar-refractivity contribution in [2.45, 2.75) is 13.0 Å². The van der Waals surface area contributed by atoms with Crippen molar-refractivity contribution >= 4 is 0 Å². The van der Waals surface area contributed by atoms with Gasteiger partial charge in [0.05, 0.1) is 25.0 Å². The lowest BCUT2D eigenvalue weighted by molar-refractivity contribution is 0.145. The number of aliphatic hydroxyl groups is 1. The predicted octanol–water partition coefficient (Wildman–Crippen LogP) is 1.66. The average Bonchev–Trinajstić information content (AvgIpc) is 2.16. The minimum atomic E-state index is -2.87. The SMILES string of the molecule is COc1c(C(F)F)cc(CO)nc1F. The van der Waals surface area contributed by atoms with Gasteiger partial charge in [-0.3, -0.25) is 0 Å². The Morgan fingerprint density at radius 2 is 2.21 bits per heavy atom. The maximum atomic E-state index is 13.0. The van der Waals surface area contributed by atoms with Gasteiger partial charge < -0.3 is 9.84 Å². The van der Waals surface area contributed by atoms with E-state index in [0.29, 0.717) is 0 Å². The third-order valence-electron chi connectivity index (χ3n) is 1.61. The van der Waals surface area contributed by atoms with Gasteiger partial charge in [-0.2, -0.15) is 4.39 Å². The summed E-state index contributed by atoms with van der Waals surface area (Å²) in [6.07, 6.45) is -2.87. The third-order valence-corrected chi connectivity index (χ3v) is 1.61. The number of hydrogen-bond donors (Lipinski definition) is 1. The molecule has 1 N–H and O–H groups in total. The maximum absolute atomic E-state index is 13.0. The van der Waals surface area contributed by atoms with Crippen molar-refractivity contribution in [3.63, 3.8) is 0 Å². The summed E-state index contributed by atoms with van der Waals surface area (Å²) >= 11 is 0. The highest BCUT2D eigenvalue weighted by Gasteiger charge is 2.19. The number of aromatic nitrogens is 1. The van der Waals surface area contributed by atoms with E-state index in [2.05, 4.69) is 9.72 Å². The van der Waals surface area contributed by atoms with Crippen molar-refractivity contribution in [3.05, 3.63) is 23.3 Å². The number of nitrogens with zero attached hydrogens (tertiary/aromatic N) is 1. The van der Waals surface area contributed by atoms with Crippen molar-refractivity contribution in [3.8, 4) is 5.75 Å². The Bertz CT molecular complexity index is 331. The summed E-state index contributed by atoms with van der Waals surface area (Å²) in [5, 5.41) is 8.62. The lowest BCUT2D eigenvalue weighted by Crippen LogP contribution is -2.02. The molecule has 0 aromatic carbocycles. The summed E-state index contributed by atoms with van der Waals surface area (Å²) in [7, 11) is 1.07. The number of pyridine rings is 1. The van der Waals surface area contributed by atoms with E-state index in [-0.39, 0.29) is 5.69 Å². The van der Waals surface area contributed by atoms with Crippen molar-refractivity contribution in [2.24, 2.45) is 0 Å². The third kappa shape index (κ3) is 1.95. The molecule has 0 atom stereocenters. The smallest absolute Gasteiger partial charge is 0.267 e. The van der Waals surface area contributed by atoms with Gasteiger partial charge in [0.25, 0.3) is 12.4 Å². The fourth-order valence-electron chi connectivity index (χ4n) is 1.02. The molecule has 0 fully saturated rings. The van der Waals surface area contributed by atoms with Crippen molar-refractivity contribution in [2.75, 3.05) is 7.11 Å². The van der Waals surface area contributed by atoms with Crippen LogP contribution in [0.1, 0.15) is 17.7 Å². The Hall–Kier alpha value is -1.30. The van der Waals surface area contributed by atoms with Crippen LogP contribution in [0.4, 0.5) is 13.2 Å². The molecule has 0 aliphatic rings. The van der Waals surface area contributed by atoms with Gasteiger partial charge in [0.1, 0.15) is 0 Å². The first kappa shape index (κ1) is 10.8. The quantitative estimate of drug-likeness (QED) is 0.766. The summed E-state index contributed by atoms with van der Waals surface area (Å²) in [5.41, 5.74) is -0.761. The summed E-state index contributed by atoms with van der Waals surface area (Å²) in [6, 6.07) is 0.909. The van der Waals surface area contributed by atoms with E-state index in [1.54, 1.807) is 0 Å². The van der Waals surface area contributed by atoms with E-state index >= 15 is 0 Å². The Balaban J connectivity index is 3.28. The Morgan fingerprint density at radius 3 is 2.64 bits per heavy atom. The van der Waals surface area contributed by atoms with Gasteiger partial charge in [0.15, 0.2) is 5.75 Å². The number of aliphatic hydroxyl groups excluding tert-OH is 1. The van der Waals surface area contributed by atoms with Crippen LogP contribution in [0, 0.1) is 5.95 Å².